The minimum atomic E-state index is -3.25. The summed E-state index contributed by atoms with van der Waals surface area (Å²) in [6.07, 6.45) is 0.928. The van der Waals surface area contributed by atoms with Gasteiger partial charge in [0, 0.05) is 12.5 Å². The van der Waals surface area contributed by atoms with Crippen molar-refractivity contribution < 1.29 is 27.4 Å². The van der Waals surface area contributed by atoms with Crippen molar-refractivity contribution >= 4 is 49.7 Å². The summed E-state index contributed by atoms with van der Waals surface area (Å²) in [7, 11) is -3.25. The summed E-state index contributed by atoms with van der Waals surface area (Å²) in [5.41, 5.74) is 2.57. The number of ether oxygens (including phenoxy) is 3. The van der Waals surface area contributed by atoms with Gasteiger partial charge >= 0.3 is 5.97 Å². The van der Waals surface area contributed by atoms with E-state index < -0.39 is 10.0 Å². The predicted octanol–water partition coefficient (Wildman–Crippen LogP) is 6.55. The topological polar surface area (TPSA) is 117 Å². The first-order valence-electron chi connectivity index (χ1n) is 13.8. The van der Waals surface area contributed by atoms with Crippen LogP contribution in [0.4, 0.5) is 0 Å². The first-order valence-corrected chi connectivity index (χ1v) is 17.0. The molecule has 228 valence electrons. The van der Waals surface area contributed by atoms with Gasteiger partial charge in [-0.1, -0.05) is 38.1 Å². The monoisotopic (exact) mass is 633 g/mol. The van der Waals surface area contributed by atoms with Crippen molar-refractivity contribution in [3.63, 3.8) is 0 Å². The Bertz CT molecular complexity index is 1480. The fourth-order valence-corrected chi connectivity index (χ4v) is 6.52. The Balaban J connectivity index is 0.000000183. The molecule has 0 radical (unpaired) electrons. The summed E-state index contributed by atoms with van der Waals surface area (Å²) < 4.78 is 41.7. The van der Waals surface area contributed by atoms with Gasteiger partial charge in [0.1, 0.15) is 16.0 Å². The second kappa shape index (κ2) is 16.1. The lowest BCUT2D eigenvalue weighted by molar-refractivity contribution is -0.152. The number of nitrogens with zero attached hydrogens (tertiary/aromatic N) is 2. The third kappa shape index (κ3) is 10.4. The molecule has 1 saturated heterocycles. The highest BCUT2D eigenvalue weighted by atomic mass is 32.2. The van der Waals surface area contributed by atoms with Crippen LogP contribution in [0.15, 0.2) is 63.5 Å². The van der Waals surface area contributed by atoms with E-state index in [-0.39, 0.29) is 30.1 Å². The standard InChI is InChI=1S/C15H14N2OS.C8H14O3.C7H11NO2S2/c1-10(2)18-15-14(13-8-5-9-19-13)16-11-6-3-4-7-12(11)17-15;1-6(2)8(9)11-7-3-4-10-5-7;1-6(2)8-12(9,10)7-4-3-5-11-7/h3-10H,1-2H3;6-7H,3-5H2,1-2H3;3-6,8H,1-2H3/t;7-;/m.0./s1. The Morgan fingerprint density at radius 1 is 0.952 bits per heavy atom. The molecule has 1 aromatic carbocycles. The summed E-state index contributed by atoms with van der Waals surface area (Å²) in [5, 5.41) is 3.78. The summed E-state index contributed by atoms with van der Waals surface area (Å²) >= 11 is 2.86. The molecular weight excluding hydrogens is 595 g/mol. The van der Waals surface area contributed by atoms with Gasteiger partial charge in [0.05, 0.1) is 41.1 Å². The van der Waals surface area contributed by atoms with Crippen molar-refractivity contribution in [2.45, 2.75) is 70.4 Å². The third-order valence-corrected chi connectivity index (χ3v) is 9.37. The highest BCUT2D eigenvalue weighted by Gasteiger charge is 2.21. The van der Waals surface area contributed by atoms with Crippen LogP contribution < -0.4 is 9.46 Å². The maximum absolute atomic E-state index is 11.4. The fourth-order valence-electron chi connectivity index (χ4n) is 3.55. The molecular formula is C30H39N3O6S3. The SMILES string of the molecule is CC(C)C(=O)O[C@H]1CCOC1.CC(C)NS(=O)(=O)c1cccs1.CC(C)Oc1nc2ccccc2nc1-c1cccs1. The smallest absolute Gasteiger partial charge is 0.308 e. The minimum Gasteiger partial charge on any atom is -0.473 e. The van der Waals surface area contributed by atoms with Gasteiger partial charge in [0.15, 0.2) is 0 Å². The number of benzene rings is 1. The van der Waals surface area contributed by atoms with Gasteiger partial charge in [-0.3, -0.25) is 4.79 Å². The molecule has 0 amide bonds. The fraction of sp³-hybridized carbons (Fsp3) is 0.433. The predicted molar refractivity (Wildman–Crippen MR) is 169 cm³/mol. The van der Waals surface area contributed by atoms with Gasteiger partial charge in [0.25, 0.3) is 0 Å². The Kier molecular flexibility index (Phi) is 12.9. The summed E-state index contributed by atoms with van der Waals surface area (Å²) in [6.45, 7) is 12.5. The van der Waals surface area contributed by atoms with Crippen LogP contribution in [-0.2, 0) is 24.3 Å². The first-order chi connectivity index (χ1) is 20.0. The van der Waals surface area contributed by atoms with Crippen LogP contribution in [0.1, 0.15) is 48.0 Å². The normalized spacial score (nSPS) is 14.8. The van der Waals surface area contributed by atoms with Crippen molar-refractivity contribution in [2.75, 3.05) is 13.2 Å². The second-order valence-corrected chi connectivity index (χ2v) is 14.1. The van der Waals surface area contributed by atoms with E-state index in [9.17, 15) is 13.2 Å². The average Bonchev–Trinajstić information content (AvgIpc) is 3.72. The van der Waals surface area contributed by atoms with Crippen molar-refractivity contribution in [1.82, 2.24) is 14.7 Å². The third-order valence-electron chi connectivity index (χ3n) is 5.43. The molecule has 0 bridgehead atoms. The number of carbonyl (C=O) groups is 1. The largest absolute Gasteiger partial charge is 0.473 e. The first kappa shape index (κ1) is 33.6. The van der Waals surface area contributed by atoms with E-state index in [2.05, 4.69) is 9.71 Å². The van der Waals surface area contributed by atoms with E-state index in [1.807, 2.05) is 69.5 Å². The van der Waals surface area contributed by atoms with E-state index in [0.717, 1.165) is 34.6 Å². The number of para-hydroxylation sites is 2. The lowest BCUT2D eigenvalue weighted by Crippen LogP contribution is -2.29. The highest BCUT2D eigenvalue weighted by molar-refractivity contribution is 7.91. The summed E-state index contributed by atoms with van der Waals surface area (Å²) in [4.78, 5) is 21.4. The molecule has 0 aliphatic carbocycles. The average molecular weight is 634 g/mol. The molecule has 1 N–H and O–H groups in total. The molecule has 5 rings (SSSR count). The number of carbonyl (C=O) groups excluding carboxylic acids is 1. The zero-order valence-corrected chi connectivity index (χ0v) is 27.2. The van der Waals surface area contributed by atoms with E-state index in [1.54, 1.807) is 42.7 Å². The number of aromatic nitrogens is 2. The molecule has 4 aromatic rings. The van der Waals surface area contributed by atoms with Crippen LogP contribution >= 0.6 is 22.7 Å². The molecule has 1 aliphatic heterocycles. The number of fused-ring (bicyclic) bond motifs is 1. The van der Waals surface area contributed by atoms with Crippen LogP contribution in [-0.4, -0.2) is 55.8 Å². The number of sulfonamides is 1. The minimum absolute atomic E-state index is 0.00454. The van der Waals surface area contributed by atoms with Crippen LogP contribution in [0, 0.1) is 5.92 Å². The molecule has 0 spiro atoms. The van der Waals surface area contributed by atoms with Gasteiger partial charge < -0.3 is 14.2 Å². The van der Waals surface area contributed by atoms with E-state index in [1.165, 1.54) is 11.3 Å². The lowest BCUT2D eigenvalue weighted by Gasteiger charge is -2.12. The molecule has 4 heterocycles. The second-order valence-electron chi connectivity index (χ2n) is 10.3. The molecule has 1 fully saturated rings. The van der Waals surface area contributed by atoms with Crippen molar-refractivity contribution in [3.8, 4) is 16.5 Å². The summed E-state index contributed by atoms with van der Waals surface area (Å²) in [5.74, 6) is 0.451. The van der Waals surface area contributed by atoms with E-state index in [0.29, 0.717) is 16.7 Å². The Morgan fingerprint density at radius 2 is 1.62 bits per heavy atom. The van der Waals surface area contributed by atoms with Crippen molar-refractivity contribution in [2.24, 2.45) is 5.92 Å². The molecule has 1 atom stereocenters. The van der Waals surface area contributed by atoms with Crippen LogP contribution in [0.25, 0.3) is 21.6 Å². The van der Waals surface area contributed by atoms with Gasteiger partial charge in [-0.05, 0) is 62.7 Å². The van der Waals surface area contributed by atoms with Gasteiger partial charge in [0.2, 0.25) is 15.9 Å². The number of hydrogen-bond donors (Lipinski definition) is 1. The van der Waals surface area contributed by atoms with Crippen LogP contribution in [0.5, 0.6) is 5.88 Å². The molecule has 42 heavy (non-hydrogen) atoms. The number of thiophene rings is 2. The van der Waals surface area contributed by atoms with Crippen LogP contribution in [0.3, 0.4) is 0 Å². The number of nitrogens with one attached hydrogen (secondary N) is 1. The number of rotatable bonds is 8. The quantitative estimate of drug-likeness (QED) is 0.217. The maximum Gasteiger partial charge on any atom is 0.308 e. The highest BCUT2D eigenvalue weighted by Crippen LogP contribution is 2.32. The van der Waals surface area contributed by atoms with E-state index in [4.69, 9.17) is 19.2 Å². The Morgan fingerprint density at radius 3 is 2.14 bits per heavy atom. The number of hydrogen-bond acceptors (Lipinski definition) is 10. The van der Waals surface area contributed by atoms with Crippen LogP contribution in [0.2, 0.25) is 0 Å². The van der Waals surface area contributed by atoms with Crippen molar-refractivity contribution in [1.29, 1.82) is 0 Å². The zero-order chi connectivity index (χ0) is 30.7. The molecule has 0 saturated carbocycles. The molecule has 0 unspecified atom stereocenters. The molecule has 1 aliphatic rings. The molecule has 9 nitrogen and oxygen atoms in total. The molecule has 3 aromatic heterocycles. The maximum atomic E-state index is 11.4. The molecule has 12 heteroatoms. The Hall–Kier alpha value is -2.90. The van der Waals surface area contributed by atoms with Gasteiger partial charge in [-0.25, -0.2) is 23.1 Å². The lowest BCUT2D eigenvalue weighted by atomic mass is 10.2. The van der Waals surface area contributed by atoms with Gasteiger partial charge in [-0.2, -0.15) is 0 Å². The number of esters is 1. The Labute approximate surface area is 256 Å². The van der Waals surface area contributed by atoms with Crippen molar-refractivity contribution in [3.05, 3.63) is 59.3 Å². The summed E-state index contributed by atoms with van der Waals surface area (Å²) in [6, 6.07) is 15.2. The van der Waals surface area contributed by atoms with E-state index >= 15 is 0 Å². The zero-order valence-electron chi connectivity index (χ0n) is 24.8. The van der Waals surface area contributed by atoms with Gasteiger partial charge in [-0.15, -0.1) is 22.7 Å².